The number of hydrogen-bond acceptors (Lipinski definition) is 2. The minimum atomic E-state index is -0.978. The van der Waals surface area contributed by atoms with Crippen molar-refractivity contribution >= 4 is 29.5 Å². The molecule has 2 aliphatic rings. The topological polar surface area (TPSA) is 49.7 Å². The maximum absolute atomic E-state index is 11.2. The first-order chi connectivity index (χ1) is 8.68. The van der Waals surface area contributed by atoms with Crippen molar-refractivity contribution in [3.63, 3.8) is 0 Å². The summed E-state index contributed by atoms with van der Waals surface area (Å²) in [6.07, 6.45) is 9.78. The molecule has 0 amide bonds. The summed E-state index contributed by atoms with van der Waals surface area (Å²) in [6, 6.07) is 3.14. The van der Waals surface area contributed by atoms with Gasteiger partial charge in [0.15, 0.2) is 0 Å². The number of benzene rings is 1. The van der Waals surface area contributed by atoms with Crippen molar-refractivity contribution in [2.24, 2.45) is 10.9 Å². The predicted molar refractivity (Wildman–Crippen MR) is 71.1 cm³/mol. The van der Waals surface area contributed by atoms with Crippen molar-refractivity contribution in [3.05, 3.63) is 52.6 Å². The van der Waals surface area contributed by atoms with Crippen LogP contribution in [0.3, 0.4) is 0 Å². The Labute approximate surface area is 109 Å². The molecule has 1 aliphatic carbocycles. The Kier molecular flexibility index (Phi) is 2.56. The molecule has 0 aromatic heterocycles. The van der Waals surface area contributed by atoms with Crippen LogP contribution in [0.1, 0.15) is 21.8 Å². The third kappa shape index (κ3) is 1.59. The van der Waals surface area contributed by atoms with E-state index in [1.54, 1.807) is 12.3 Å². The van der Waals surface area contributed by atoms with Crippen LogP contribution in [-0.2, 0) is 0 Å². The van der Waals surface area contributed by atoms with E-state index in [1.165, 1.54) is 6.07 Å². The van der Waals surface area contributed by atoms with Crippen LogP contribution in [-0.4, -0.2) is 17.3 Å². The molecule has 0 saturated carbocycles. The third-order valence-corrected chi connectivity index (χ3v) is 3.61. The number of nitrogens with zero attached hydrogens (tertiary/aromatic N) is 1. The van der Waals surface area contributed by atoms with Crippen molar-refractivity contribution in [1.82, 2.24) is 0 Å². The monoisotopic (exact) mass is 259 g/mol. The highest BCUT2D eigenvalue weighted by Crippen LogP contribution is 2.44. The zero-order valence-electron chi connectivity index (χ0n) is 9.38. The van der Waals surface area contributed by atoms with E-state index < -0.39 is 5.97 Å². The minimum absolute atomic E-state index is 0.0781. The van der Waals surface area contributed by atoms with Crippen LogP contribution in [0, 0.1) is 5.92 Å². The predicted octanol–water partition coefficient (Wildman–Crippen LogP) is 3.58. The fourth-order valence-corrected chi connectivity index (χ4v) is 2.71. The maximum Gasteiger partial charge on any atom is 0.337 e. The normalized spacial score (nSPS) is 23.6. The van der Waals surface area contributed by atoms with E-state index in [1.807, 2.05) is 24.3 Å². The Morgan fingerprint density at radius 3 is 2.83 bits per heavy atom. The SMILES string of the molecule is O=C(O)c1ccc(Cl)c2c1N=CC1C=CC=CC21. The van der Waals surface area contributed by atoms with Crippen LogP contribution in [0.25, 0.3) is 0 Å². The molecule has 3 rings (SSSR count). The first kappa shape index (κ1) is 11.2. The summed E-state index contributed by atoms with van der Waals surface area (Å²) in [4.78, 5) is 15.5. The molecule has 1 aliphatic heterocycles. The molecule has 0 radical (unpaired) electrons. The number of allylic oxidation sites excluding steroid dienone is 4. The van der Waals surface area contributed by atoms with Crippen molar-refractivity contribution in [2.45, 2.75) is 5.92 Å². The lowest BCUT2D eigenvalue weighted by Gasteiger charge is -2.27. The quantitative estimate of drug-likeness (QED) is 0.838. The number of carboxylic acid groups (broad SMARTS) is 1. The number of carbonyl (C=O) groups is 1. The van der Waals surface area contributed by atoms with Gasteiger partial charge >= 0.3 is 5.97 Å². The molecule has 1 aromatic rings. The molecular formula is C14H10ClNO2. The molecule has 0 spiro atoms. The number of aliphatic imine (C=N–C) groups is 1. The molecular weight excluding hydrogens is 250 g/mol. The second-order valence-electron chi connectivity index (χ2n) is 4.31. The summed E-state index contributed by atoms with van der Waals surface area (Å²) in [5.41, 5.74) is 1.49. The zero-order valence-corrected chi connectivity index (χ0v) is 10.1. The number of carboxylic acids is 1. The highest BCUT2D eigenvalue weighted by molar-refractivity contribution is 6.32. The van der Waals surface area contributed by atoms with E-state index >= 15 is 0 Å². The van der Waals surface area contributed by atoms with E-state index in [-0.39, 0.29) is 17.4 Å². The molecule has 90 valence electrons. The summed E-state index contributed by atoms with van der Waals surface area (Å²) in [5, 5.41) is 9.75. The van der Waals surface area contributed by atoms with Gasteiger partial charge in [-0.3, -0.25) is 4.99 Å². The van der Waals surface area contributed by atoms with Gasteiger partial charge in [0.05, 0.1) is 11.3 Å². The number of rotatable bonds is 1. The molecule has 18 heavy (non-hydrogen) atoms. The van der Waals surface area contributed by atoms with Crippen LogP contribution in [0.5, 0.6) is 0 Å². The van der Waals surface area contributed by atoms with E-state index in [0.29, 0.717) is 10.7 Å². The largest absolute Gasteiger partial charge is 0.478 e. The standard InChI is InChI=1S/C14H10ClNO2/c15-11-6-5-10(14(17)18)13-12(11)9-4-2-1-3-8(9)7-16-13/h1-9H,(H,17,18). The van der Waals surface area contributed by atoms with Crippen molar-refractivity contribution in [1.29, 1.82) is 0 Å². The Morgan fingerprint density at radius 1 is 1.28 bits per heavy atom. The third-order valence-electron chi connectivity index (χ3n) is 3.28. The zero-order chi connectivity index (χ0) is 12.7. The highest BCUT2D eigenvalue weighted by Gasteiger charge is 2.29. The van der Waals surface area contributed by atoms with Gasteiger partial charge in [-0.25, -0.2) is 4.79 Å². The van der Waals surface area contributed by atoms with Gasteiger partial charge in [-0.2, -0.15) is 0 Å². The highest BCUT2D eigenvalue weighted by atomic mass is 35.5. The van der Waals surface area contributed by atoms with Crippen molar-refractivity contribution in [2.75, 3.05) is 0 Å². The molecule has 1 N–H and O–H groups in total. The molecule has 0 saturated heterocycles. The molecule has 2 unspecified atom stereocenters. The summed E-state index contributed by atoms with van der Waals surface area (Å²) < 4.78 is 0. The molecule has 1 aromatic carbocycles. The molecule has 2 atom stereocenters. The lowest BCUT2D eigenvalue weighted by Crippen LogP contribution is -2.17. The van der Waals surface area contributed by atoms with Crippen LogP contribution in [0.4, 0.5) is 5.69 Å². The summed E-state index contributed by atoms with van der Waals surface area (Å²) in [6.45, 7) is 0. The number of fused-ring (bicyclic) bond motifs is 3. The van der Waals surface area contributed by atoms with Crippen LogP contribution < -0.4 is 0 Å². The molecule has 0 fully saturated rings. The van der Waals surface area contributed by atoms with Gasteiger partial charge in [-0.15, -0.1) is 0 Å². The molecule has 3 nitrogen and oxygen atoms in total. The maximum atomic E-state index is 11.2. The first-order valence-electron chi connectivity index (χ1n) is 5.63. The van der Waals surface area contributed by atoms with Gasteiger partial charge in [0, 0.05) is 28.6 Å². The van der Waals surface area contributed by atoms with Gasteiger partial charge in [-0.05, 0) is 12.1 Å². The average Bonchev–Trinajstić information content (AvgIpc) is 2.38. The second kappa shape index (κ2) is 4.10. The number of hydrogen-bond donors (Lipinski definition) is 1. The van der Waals surface area contributed by atoms with E-state index in [9.17, 15) is 9.90 Å². The number of aromatic carboxylic acids is 1. The fraction of sp³-hybridized carbons (Fsp3) is 0.143. The fourth-order valence-electron chi connectivity index (χ4n) is 2.43. The van der Waals surface area contributed by atoms with Gasteiger partial charge < -0.3 is 5.11 Å². The Hall–Kier alpha value is -1.87. The van der Waals surface area contributed by atoms with Crippen LogP contribution in [0.15, 0.2) is 41.4 Å². The molecule has 0 bridgehead atoms. The van der Waals surface area contributed by atoms with E-state index in [0.717, 1.165) is 5.56 Å². The summed E-state index contributed by atoms with van der Waals surface area (Å²) in [7, 11) is 0. The first-order valence-corrected chi connectivity index (χ1v) is 6.01. The Morgan fingerprint density at radius 2 is 2.06 bits per heavy atom. The van der Waals surface area contributed by atoms with Gasteiger partial charge in [0.2, 0.25) is 0 Å². The van der Waals surface area contributed by atoms with E-state index in [2.05, 4.69) is 4.99 Å². The summed E-state index contributed by atoms with van der Waals surface area (Å²) in [5.74, 6) is -0.743. The Bertz CT molecular complexity index is 616. The van der Waals surface area contributed by atoms with Crippen molar-refractivity contribution in [3.8, 4) is 0 Å². The van der Waals surface area contributed by atoms with Crippen molar-refractivity contribution < 1.29 is 9.90 Å². The van der Waals surface area contributed by atoms with Gasteiger partial charge in [-0.1, -0.05) is 35.9 Å². The van der Waals surface area contributed by atoms with Crippen LogP contribution >= 0.6 is 11.6 Å². The smallest absolute Gasteiger partial charge is 0.337 e. The summed E-state index contributed by atoms with van der Waals surface area (Å²) >= 11 is 6.21. The van der Waals surface area contributed by atoms with Crippen LogP contribution in [0.2, 0.25) is 5.02 Å². The van der Waals surface area contributed by atoms with Gasteiger partial charge in [0.25, 0.3) is 0 Å². The minimum Gasteiger partial charge on any atom is -0.478 e. The molecule has 1 heterocycles. The molecule has 4 heteroatoms. The number of halogens is 1. The lowest BCUT2D eigenvalue weighted by molar-refractivity contribution is 0.0697. The van der Waals surface area contributed by atoms with E-state index in [4.69, 9.17) is 11.6 Å². The Balaban J connectivity index is 2.25. The average molecular weight is 260 g/mol. The van der Waals surface area contributed by atoms with Gasteiger partial charge in [0.1, 0.15) is 0 Å². The lowest BCUT2D eigenvalue weighted by atomic mass is 9.80. The second-order valence-corrected chi connectivity index (χ2v) is 4.72.